The summed E-state index contributed by atoms with van der Waals surface area (Å²) >= 11 is 15.2. The summed E-state index contributed by atoms with van der Waals surface area (Å²) in [6.45, 7) is 4.15. The Bertz CT molecular complexity index is 686. The molecule has 0 amide bonds. The monoisotopic (exact) mass is 400 g/mol. The van der Waals surface area contributed by atoms with Crippen LogP contribution in [0.1, 0.15) is 35.7 Å². The zero-order valence-corrected chi connectivity index (χ0v) is 15.2. The first-order chi connectivity index (χ1) is 10.4. The molecule has 1 atom stereocenters. The quantitative estimate of drug-likeness (QED) is 0.446. The lowest BCUT2D eigenvalue weighted by molar-refractivity contribution is 0.0896. The van der Waals surface area contributed by atoms with Gasteiger partial charge in [-0.25, -0.2) is 0 Å². The summed E-state index contributed by atoms with van der Waals surface area (Å²) in [5.74, 6) is 0.725. The lowest BCUT2D eigenvalue weighted by atomic mass is 10.0. The number of rotatable bonds is 5. The molecular formula is C17H15BrCl2O2. The van der Waals surface area contributed by atoms with E-state index < -0.39 is 5.01 Å². The fourth-order valence-electron chi connectivity index (χ4n) is 2.04. The Labute approximate surface area is 148 Å². The van der Waals surface area contributed by atoms with E-state index >= 15 is 0 Å². The van der Waals surface area contributed by atoms with Gasteiger partial charge in [0.05, 0.1) is 5.02 Å². The number of para-hydroxylation sites is 1. The van der Waals surface area contributed by atoms with Crippen molar-refractivity contribution in [3.63, 3.8) is 0 Å². The van der Waals surface area contributed by atoms with Gasteiger partial charge in [-0.15, -0.1) is 0 Å². The predicted molar refractivity (Wildman–Crippen MR) is 94.7 cm³/mol. The summed E-state index contributed by atoms with van der Waals surface area (Å²) in [4.78, 5) is 12.5. The van der Waals surface area contributed by atoms with Gasteiger partial charge in [0.25, 0.3) is 0 Å². The highest BCUT2D eigenvalue weighted by atomic mass is 79.9. The molecule has 0 aliphatic carbocycles. The highest BCUT2D eigenvalue weighted by Crippen LogP contribution is 2.29. The van der Waals surface area contributed by atoms with Gasteiger partial charge in [0, 0.05) is 10.6 Å². The number of ketones is 1. The van der Waals surface area contributed by atoms with Crippen molar-refractivity contribution in [2.75, 3.05) is 0 Å². The molecule has 22 heavy (non-hydrogen) atoms. The minimum absolute atomic E-state index is 0.250. The average Bonchev–Trinajstić information content (AvgIpc) is 2.47. The third-order valence-electron chi connectivity index (χ3n) is 3.17. The molecule has 0 aliphatic heterocycles. The van der Waals surface area contributed by atoms with E-state index in [1.54, 1.807) is 12.1 Å². The highest BCUT2D eigenvalue weighted by molar-refractivity contribution is 9.09. The van der Waals surface area contributed by atoms with Crippen molar-refractivity contribution in [3.8, 4) is 5.75 Å². The van der Waals surface area contributed by atoms with Crippen LogP contribution in [-0.4, -0.2) is 10.8 Å². The van der Waals surface area contributed by atoms with Crippen molar-refractivity contribution in [1.29, 1.82) is 0 Å². The molecule has 0 saturated heterocycles. The predicted octanol–water partition coefficient (Wildman–Crippen LogP) is 6.10. The second-order valence-corrected chi connectivity index (χ2v) is 6.79. The Morgan fingerprint density at radius 3 is 2.45 bits per heavy atom. The summed E-state index contributed by atoms with van der Waals surface area (Å²) in [5, 5.41) is -0.0208. The Hall–Kier alpha value is -1.03. The maximum absolute atomic E-state index is 12.5. The van der Waals surface area contributed by atoms with Crippen LogP contribution < -0.4 is 4.74 Å². The van der Waals surface area contributed by atoms with Gasteiger partial charge >= 0.3 is 0 Å². The Morgan fingerprint density at radius 1 is 1.14 bits per heavy atom. The largest absolute Gasteiger partial charge is 0.471 e. The van der Waals surface area contributed by atoms with Crippen LogP contribution in [0, 0.1) is 0 Å². The Morgan fingerprint density at radius 2 is 1.82 bits per heavy atom. The molecule has 0 saturated carbocycles. The summed E-state index contributed by atoms with van der Waals surface area (Å²) < 4.78 is 5.78. The van der Waals surface area contributed by atoms with Crippen LogP contribution in [-0.2, 0) is 0 Å². The van der Waals surface area contributed by atoms with Gasteiger partial charge in [-0.1, -0.05) is 55.2 Å². The van der Waals surface area contributed by atoms with Gasteiger partial charge in [-0.2, -0.15) is 0 Å². The maximum atomic E-state index is 12.5. The topological polar surface area (TPSA) is 26.3 Å². The number of carbonyl (C=O) groups is 1. The first kappa shape index (κ1) is 17.3. The number of hydrogen-bond acceptors (Lipinski definition) is 2. The molecule has 0 bridgehead atoms. The molecule has 116 valence electrons. The van der Waals surface area contributed by atoms with Gasteiger partial charge in [0.1, 0.15) is 5.75 Å². The summed E-state index contributed by atoms with van der Waals surface area (Å²) in [6, 6.07) is 12.4. The normalized spacial score (nSPS) is 12.3. The minimum atomic E-state index is -0.814. The zero-order chi connectivity index (χ0) is 16.3. The highest BCUT2D eigenvalue weighted by Gasteiger charge is 2.22. The van der Waals surface area contributed by atoms with Crippen LogP contribution in [0.15, 0.2) is 42.5 Å². The van der Waals surface area contributed by atoms with E-state index in [4.69, 9.17) is 27.9 Å². The van der Waals surface area contributed by atoms with E-state index in [2.05, 4.69) is 29.8 Å². The standard InChI is InChI=1S/C17H15BrCl2O2/c1-10(2)12-5-3-4-6-15(12)22-17(18)16(21)13-8-7-11(19)9-14(13)20/h3-10,17H,1-2H3. The first-order valence-corrected chi connectivity index (χ1v) is 8.46. The summed E-state index contributed by atoms with van der Waals surface area (Å²) in [6.07, 6.45) is 0. The summed E-state index contributed by atoms with van der Waals surface area (Å²) in [7, 11) is 0. The molecule has 2 nitrogen and oxygen atoms in total. The van der Waals surface area contributed by atoms with Crippen LogP contribution >= 0.6 is 39.1 Å². The second-order valence-electron chi connectivity index (χ2n) is 5.11. The van der Waals surface area contributed by atoms with Crippen LogP contribution in [0.3, 0.4) is 0 Å². The van der Waals surface area contributed by atoms with E-state index in [9.17, 15) is 4.79 Å². The molecule has 5 heteroatoms. The van der Waals surface area contributed by atoms with E-state index in [0.29, 0.717) is 27.3 Å². The molecule has 0 N–H and O–H groups in total. The SMILES string of the molecule is CC(C)c1ccccc1OC(Br)C(=O)c1ccc(Cl)cc1Cl. The average molecular weight is 402 g/mol. The number of ether oxygens (including phenoxy) is 1. The Balaban J connectivity index is 2.22. The van der Waals surface area contributed by atoms with Crippen molar-refractivity contribution < 1.29 is 9.53 Å². The fourth-order valence-corrected chi connectivity index (χ4v) is 2.99. The van der Waals surface area contributed by atoms with Gasteiger partial charge < -0.3 is 4.74 Å². The van der Waals surface area contributed by atoms with Gasteiger partial charge in [0.2, 0.25) is 10.8 Å². The van der Waals surface area contributed by atoms with Crippen molar-refractivity contribution in [2.24, 2.45) is 0 Å². The zero-order valence-electron chi connectivity index (χ0n) is 12.1. The molecule has 0 fully saturated rings. The number of Topliss-reactive ketones (excluding diaryl/α,β-unsaturated/α-hetero) is 1. The second kappa shape index (κ2) is 7.49. The third kappa shape index (κ3) is 4.03. The van der Waals surface area contributed by atoms with E-state index in [-0.39, 0.29) is 5.78 Å². The van der Waals surface area contributed by atoms with Crippen LogP contribution in [0.25, 0.3) is 0 Å². The van der Waals surface area contributed by atoms with E-state index in [1.807, 2.05) is 24.3 Å². The number of alkyl halides is 1. The van der Waals surface area contributed by atoms with Gasteiger partial charge in [-0.05, 0) is 51.7 Å². The van der Waals surface area contributed by atoms with Gasteiger partial charge in [-0.3, -0.25) is 4.79 Å². The molecule has 1 unspecified atom stereocenters. The van der Waals surface area contributed by atoms with Crippen LogP contribution in [0.4, 0.5) is 0 Å². The fraction of sp³-hybridized carbons (Fsp3) is 0.235. The van der Waals surface area contributed by atoms with Crippen LogP contribution in [0.5, 0.6) is 5.75 Å². The molecule has 2 aromatic rings. The molecule has 0 aliphatic rings. The molecular weight excluding hydrogens is 387 g/mol. The maximum Gasteiger partial charge on any atom is 0.215 e. The number of halogens is 3. The van der Waals surface area contributed by atoms with Crippen molar-refractivity contribution >= 4 is 44.9 Å². The number of benzene rings is 2. The minimum Gasteiger partial charge on any atom is -0.471 e. The van der Waals surface area contributed by atoms with E-state index in [0.717, 1.165) is 5.56 Å². The molecule has 0 heterocycles. The molecule has 2 aromatic carbocycles. The molecule has 2 rings (SSSR count). The molecule has 0 spiro atoms. The van der Waals surface area contributed by atoms with Gasteiger partial charge in [0.15, 0.2) is 0 Å². The summed E-state index contributed by atoms with van der Waals surface area (Å²) in [5.41, 5.74) is 1.41. The first-order valence-electron chi connectivity index (χ1n) is 6.79. The van der Waals surface area contributed by atoms with Crippen LogP contribution in [0.2, 0.25) is 10.0 Å². The number of hydrogen-bond donors (Lipinski definition) is 0. The van der Waals surface area contributed by atoms with Crippen molar-refractivity contribution in [2.45, 2.75) is 24.8 Å². The lowest BCUT2D eigenvalue weighted by Crippen LogP contribution is -2.21. The Kier molecular flexibility index (Phi) is 5.90. The third-order valence-corrected chi connectivity index (χ3v) is 4.32. The smallest absolute Gasteiger partial charge is 0.215 e. The lowest BCUT2D eigenvalue weighted by Gasteiger charge is -2.17. The van der Waals surface area contributed by atoms with Crippen molar-refractivity contribution in [1.82, 2.24) is 0 Å². The van der Waals surface area contributed by atoms with E-state index in [1.165, 1.54) is 6.07 Å². The molecule has 0 radical (unpaired) electrons. The molecule has 0 aromatic heterocycles. The number of carbonyl (C=O) groups excluding carboxylic acids is 1. The van der Waals surface area contributed by atoms with Crippen molar-refractivity contribution in [3.05, 3.63) is 63.6 Å².